The molecular weight excluding hydrogens is 404 g/mol. The number of methoxy groups -OCH3 is 3. The van der Waals surface area contributed by atoms with E-state index in [9.17, 15) is 14.4 Å². The van der Waals surface area contributed by atoms with Gasteiger partial charge in [0.1, 0.15) is 0 Å². The molecule has 0 radical (unpaired) electrons. The molecule has 1 heterocycles. The van der Waals surface area contributed by atoms with Crippen LogP contribution in [0.2, 0.25) is 0 Å². The van der Waals surface area contributed by atoms with E-state index >= 15 is 0 Å². The third kappa shape index (κ3) is 3.43. The van der Waals surface area contributed by atoms with Gasteiger partial charge in [0.2, 0.25) is 5.75 Å². The van der Waals surface area contributed by atoms with E-state index in [0.717, 1.165) is 11.4 Å². The Morgan fingerprint density at radius 3 is 2.10 bits per heavy atom. The maximum Gasteiger partial charge on any atom is 0.346 e. The van der Waals surface area contributed by atoms with Gasteiger partial charge in [0.25, 0.3) is 11.8 Å². The molecule has 31 heavy (non-hydrogen) atoms. The largest absolute Gasteiger partial charge is 0.493 e. The zero-order chi connectivity index (χ0) is 22.3. The monoisotopic (exact) mass is 428 g/mol. The number of imide groups is 1. The molecule has 0 unspecified atom stereocenters. The number of esters is 1. The lowest BCUT2D eigenvalue weighted by Gasteiger charge is -2.18. The topological polar surface area (TPSA) is 104 Å². The van der Waals surface area contributed by atoms with Gasteiger partial charge in [0.05, 0.1) is 39.4 Å². The molecule has 1 aromatic rings. The van der Waals surface area contributed by atoms with Crippen molar-refractivity contribution in [2.75, 3.05) is 21.3 Å². The SMILES string of the molecule is COC(=O)[C@@H](C)Oc1c(OC)cc(C=NN2C(=O)[C@@H]3[C@H](C2=O)[C@H]2C=C[C@H]3C2)cc1OC. The first-order chi connectivity index (χ1) is 14.9. The second-order valence-corrected chi connectivity index (χ2v) is 7.77. The molecule has 0 N–H and O–H groups in total. The highest BCUT2D eigenvalue weighted by Gasteiger charge is 2.59. The number of fused-ring (bicyclic) bond motifs is 5. The molecule has 2 aliphatic carbocycles. The summed E-state index contributed by atoms with van der Waals surface area (Å²) in [6.45, 7) is 1.55. The summed E-state index contributed by atoms with van der Waals surface area (Å²) in [4.78, 5) is 37.2. The normalized spacial score (nSPS) is 27.0. The molecule has 9 heteroatoms. The molecule has 2 fully saturated rings. The highest BCUT2D eigenvalue weighted by Crippen LogP contribution is 2.52. The predicted molar refractivity (Wildman–Crippen MR) is 109 cm³/mol. The third-order valence-electron chi connectivity index (χ3n) is 6.08. The Morgan fingerprint density at radius 2 is 1.61 bits per heavy atom. The Kier molecular flexibility index (Phi) is 5.43. The van der Waals surface area contributed by atoms with Crippen LogP contribution in [-0.4, -0.2) is 56.4 Å². The van der Waals surface area contributed by atoms with Gasteiger partial charge in [-0.3, -0.25) is 9.59 Å². The smallest absolute Gasteiger partial charge is 0.346 e. The van der Waals surface area contributed by atoms with E-state index in [1.807, 2.05) is 12.2 Å². The highest BCUT2D eigenvalue weighted by atomic mass is 16.6. The van der Waals surface area contributed by atoms with Crippen molar-refractivity contribution in [3.8, 4) is 17.2 Å². The Bertz CT molecular complexity index is 931. The van der Waals surface area contributed by atoms with Crippen molar-refractivity contribution in [2.24, 2.45) is 28.8 Å². The summed E-state index contributed by atoms with van der Waals surface area (Å²) in [7, 11) is 4.17. The summed E-state index contributed by atoms with van der Waals surface area (Å²) >= 11 is 0. The van der Waals surface area contributed by atoms with Crippen LogP contribution in [0.1, 0.15) is 18.9 Å². The fourth-order valence-corrected chi connectivity index (χ4v) is 4.61. The van der Waals surface area contributed by atoms with E-state index in [4.69, 9.17) is 14.2 Å². The number of carbonyl (C=O) groups is 3. The number of amides is 2. The number of ether oxygens (including phenoxy) is 4. The zero-order valence-corrected chi connectivity index (χ0v) is 17.7. The number of hydrogen-bond acceptors (Lipinski definition) is 8. The van der Waals surface area contributed by atoms with Crippen molar-refractivity contribution in [3.05, 3.63) is 29.8 Å². The van der Waals surface area contributed by atoms with Gasteiger partial charge in [-0.1, -0.05) is 12.2 Å². The first kappa shape index (κ1) is 20.9. The second-order valence-electron chi connectivity index (χ2n) is 7.77. The molecule has 1 aliphatic heterocycles. The summed E-state index contributed by atoms with van der Waals surface area (Å²) in [6, 6.07) is 3.23. The first-order valence-corrected chi connectivity index (χ1v) is 10.00. The lowest BCUT2D eigenvalue weighted by Crippen LogP contribution is -2.28. The molecule has 3 aliphatic rings. The molecular formula is C22H24N2O7. The van der Waals surface area contributed by atoms with E-state index in [1.165, 1.54) is 27.5 Å². The van der Waals surface area contributed by atoms with Gasteiger partial charge in [-0.05, 0) is 37.3 Å². The van der Waals surface area contributed by atoms with Crippen LogP contribution in [0.25, 0.3) is 0 Å². The summed E-state index contributed by atoms with van der Waals surface area (Å²) < 4.78 is 21.1. The Balaban J connectivity index is 1.58. The highest BCUT2D eigenvalue weighted by molar-refractivity contribution is 6.06. The quantitative estimate of drug-likeness (QED) is 0.282. The van der Waals surface area contributed by atoms with Gasteiger partial charge >= 0.3 is 5.97 Å². The van der Waals surface area contributed by atoms with Gasteiger partial charge in [0, 0.05) is 5.56 Å². The predicted octanol–water partition coefficient (Wildman–Crippen LogP) is 1.79. The van der Waals surface area contributed by atoms with E-state index < -0.39 is 12.1 Å². The van der Waals surface area contributed by atoms with Gasteiger partial charge in [0.15, 0.2) is 17.6 Å². The van der Waals surface area contributed by atoms with Crippen molar-refractivity contribution in [1.29, 1.82) is 0 Å². The maximum absolute atomic E-state index is 12.8. The van der Waals surface area contributed by atoms with E-state index in [1.54, 1.807) is 19.1 Å². The minimum atomic E-state index is -0.879. The Labute approximate surface area is 179 Å². The molecule has 9 nitrogen and oxygen atoms in total. The average molecular weight is 428 g/mol. The molecule has 5 atom stereocenters. The van der Waals surface area contributed by atoms with Gasteiger partial charge in [-0.25, -0.2) is 4.79 Å². The number of benzene rings is 1. The van der Waals surface area contributed by atoms with Crippen LogP contribution in [-0.2, 0) is 19.1 Å². The molecule has 0 spiro atoms. The molecule has 2 bridgehead atoms. The average Bonchev–Trinajstić information content (AvgIpc) is 3.46. The van der Waals surface area contributed by atoms with Gasteiger partial charge in [-0.2, -0.15) is 10.1 Å². The van der Waals surface area contributed by atoms with E-state index in [2.05, 4.69) is 9.84 Å². The van der Waals surface area contributed by atoms with E-state index in [-0.39, 0.29) is 41.2 Å². The van der Waals surface area contributed by atoms with Crippen LogP contribution in [0.4, 0.5) is 0 Å². The number of rotatable bonds is 7. The molecule has 164 valence electrons. The van der Waals surface area contributed by atoms with Crippen molar-refractivity contribution in [3.63, 3.8) is 0 Å². The van der Waals surface area contributed by atoms with Crippen molar-refractivity contribution in [1.82, 2.24) is 5.01 Å². The van der Waals surface area contributed by atoms with Gasteiger partial charge in [-0.15, -0.1) is 0 Å². The number of allylic oxidation sites excluding steroid dienone is 2. The van der Waals surface area contributed by atoms with E-state index in [0.29, 0.717) is 17.1 Å². The molecule has 1 saturated heterocycles. The number of hydrogen-bond donors (Lipinski definition) is 0. The fraction of sp³-hybridized carbons (Fsp3) is 0.455. The minimum absolute atomic E-state index is 0.125. The number of carbonyl (C=O) groups excluding carboxylic acids is 3. The maximum atomic E-state index is 12.8. The first-order valence-electron chi connectivity index (χ1n) is 10.00. The molecule has 4 rings (SSSR count). The third-order valence-corrected chi connectivity index (χ3v) is 6.08. The minimum Gasteiger partial charge on any atom is -0.493 e. The molecule has 1 aromatic carbocycles. The second kappa shape index (κ2) is 8.05. The van der Waals surface area contributed by atoms with Gasteiger partial charge < -0.3 is 18.9 Å². The molecule has 0 aromatic heterocycles. The molecule has 1 saturated carbocycles. The van der Waals surface area contributed by atoms with Crippen LogP contribution in [0, 0.1) is 23.7 Å². The molecule has 2 amide bonds. The van der Waals surface area contributed by atoms with Crippen molar-refractivity contribution in [2.45, 2.75) is 19.4 Å². The summed E-state index contributed by atoms with van der Waals surface area (Å²) in [5.41, 5.74) is 0.533. The fourth-order valence-electron chi connectivity index (χ4n) is 4.61. The van der Waals surface area contributed by atoms with Crippen molar-refractivity contribution < 1.29 is 33.3 Å². The lowest BCUT2D eigenvalue weighted by atomic mass is 9.85. The van der Waals surface area contributed by atoms with Crippen molar-refractivity contribution >= 4 is 24.0 Å². The summed E-state index contributed by atoms with van der Waals surface area (Å²) in [5, 5.41) is 5.15. The van der Waals surface area contributed by atoms with Crippen LogP contribution in [0.15, 0.2) is 29.4 Å². The van der Waals surface area contributed by atoms with Crippen LogP contribution in [0.3, 0.4) is 0 Å². The lowest BCUT2D eigenvalue weighted by molar-refractivity contribution is -0.148. The zero-order valence-electron chi connectivity index (χ0n) is 17.7. The standard InChI is InChI=1S/C22H24N2O7/c1-11(22(27)30-4)31-19-15(28-2)7-12(8-16(19)29-3)10-23-24-20(25)17-13-5-6-14(9-13)18(17)21(24)26/h5-8,10-11,13-14,17-18H,9H2,1-4H3/t11-,13+,14+,17-,18+/m1/s1. The Morgan fingerprint density at radius 1 is 1.06 bits per heavy atom. The number of nitrogens with zero attached hydrogens (tertiary/aromatic N) is 2. The summed E-state index contributed by atoms with van der Waals surface area (Å²) in [6.07, 6.45) is 5.47. The summed E-state index contributed by atoms with van der Waals surface area (Å²) in [5.74, 6) is -0.591. The number of hydrazone groups is 1. The van der Waals surface area contributed by atoms with Crippen LogP contribution < -0.4 is 14.2 Å². The van der Waals surface area contributed by atoms with Crippen LogP contribution in [0.5, 0.6) is 17.2 Å². The van der Waals surface area contributed by atoms with Crippen LogP contribution >= 0.6 is 0 Å². The Hall–Kier alpha value is -3.36.